The highest BCUT2D eigenvalue weighted by atomic mass is 16.5. The van der Waals surface area contributed by atoms with E-state index in [1.165, 1.54) is 6.07 Å². The van der Waals surface area contributed by atoms with Crippen molar-refractivity contribution in [3.05, 3.63) is 60.2 Å². The zero-order valence-corrected chi connectivity index (χ0v) is 10.2. The molecule has 2 N–H and O–H groups in total. The van der Waals surface area contributed by atoms with Gasteiger partial charge in [0, 0.05) is 11.0 Å². The maximum atomic E-state index is 11.8. The number of ether oxygens (including phenoxy) is 1. The number of para-hydroxylation sites is 1. The summed E-state index contributed by atoms with van der Waals surface area (Å²) >= 11 is 0. The van der Waals surface area contributed by atoms with E-state index < -0.39 is 7.12 Å². The Bertz CT molecular complexity index is 554. The minimum Gasteiger partial charge on any atom is -0.486 e. The lowest BCUT2D eigenvalue weighted by Gasteiger charge is -2.10. The summed E-state index contributed by atoms with van der Waals surface area (Å²) in [7, 11) is -1.62. The summed E-state index contributed by atoms with van der Waals surface area (Å²) in [5.74, 6) is 0.129. The van der Waals surface area contributed by atoms with Crippen LogP contribution in [-0.2, 0) is 0 Å². The lowest BCUT2D eigenvalue weighted by atomic mass is 9.79. The van der Waals surface area contributed by atoms with Crippen LogP contribution in [0, 0.1) is 0 Å². The molecule has 0 amide bonds. The normalized spacial score (nSPS) is 10.0. The Hall–Kier alpha value is -2.11. The van der Waals surface area contributed by atoms with Crippen LogP contribution < -0.4 is 10.2 Å². The molecule has 0 aliphatic carbocycles. The molecule has 5 heteroatoms. The summed E-state index contributed by atoms with van der Waals surface area (Å²) < 4.78 is 5.35. The van der Waals surface area contributed by atoms with Crippen LogP contribution in [0.25, 0.3) is 0 Å². The van der Waals surface area contributed by atoms with Crippen molar-refractivity contribution in [3.63, 3.8) is 0 Å². The van der Waals surface area contributed by atoms with E-state index >= 15 is 0 Å². The molecule has 0 aliphatic heterocycles. The van der Waals surface area contributed by atoms with E-state index in [9.17, 15) is 14.8 Å². The number of hydrogen-bond acceptors (Lipinski definition) is 4. The first-order chi connectivity index (χ1) is 9.18. The molecule has 0 radical (unpaired) electrons. The zero-order valence-electron chi connectivity index (χ0n) is 10.2. The van der Waals surface area contributed by atoms with Crippen LogP contribution in [0.5, 0.6) is 5.75 Å². The Morgan fingerprint density at radius 2 is 1.63 bits per heavy atom. The van der Waals surface area contributed by atoms with Crippen LogP contribution >= 0.6 is 0 Å². The molecule has 19 heavy (non-hydrogen) atoms. The number of carbonyl (C=O) groups is 1. The fourth-order valence-corrected chi connectivity index (χ4v) is 1.68. The highest BCUT2D eigenvalue weighted by Crippen LogP contribution is 2.08. The Morgan fingerprint density at radius 1 is 1.00 bits per heavy atom. The van der Waals surface area contributed by atoms with Gasteiger partial charge in [-0.25, -0.2) is 0 Å². The van der Waals surface area contributed by atoms with Crippen LogP contribution in [0.1, 0.15) is 10.4 Å². The first kappa shape index (κ1) is 13.3. The maximum Gasteiger partial charge on any atom is 0.492 e. The summed E-state index contributed by atoms with van der Waals surface area (Å²) in [6, 6.07) is 15.3. The average Bonchev–Trinajstić information content (AvgIpc) is 2.46. The van der Waals surface area contributed by atoms with Gasteiger partial charge in [-0.15, -0.1) is 0 Å². The second-order valence-corrected chi connectivity index (χ2v) is 3.99. The number of rotatable bonds is 5. The average molecular weight is 256 g/mol. The van der Waals surface area contributed by atoms with E-state index in [4.69, 9.17) is 4.74 Å². The van der Waals surface area contributed by atoms with E-state index in [1.54, 1.807) is 42.5 Å². The van der Waals surface area contributed by atoms with E-state index in [-0.39, 0.29) is 17.9 Å². The SMILES string of the molecule is O=C(COc1ccccc1B(O)O)c1ccccc1. The molecule has 0 heterocycles. The quantitative estimate of drug-likeness (QED) is 0.608. The smallest absolute Gasteiger partial charge is 0.486 e. The van der Waals surface area contributed by atoms with Crippen molar-refractivity contribution in [1.29, 1.82) is 0 Å². The molecule has 0 saturated carbocycles. The first-order valence-electron chi connectivity index (χ1n) is 5.84. The van der Waals surface area contributed by atoms with Gasteiger partial charge in [0.2, 0.25) is 0 Å². The van der Waals surface area contributed by atoms with Crippen molar-refractivity contribution in [3.8, 4) is 5.75 Å². The van der Waals surface area contributed by atoms with Gasteiger partial charge in [0.15, 0.2) is 12.4 Å². The molecular formula is C14H13BO4. The lowest BCUT2D eigenvalue weighted by Crippen LogP contribution is -2.32. The predicted molar refractivity (Wildman–Crippen MR) is 72.5 cm³/mol. The molecule has 2 aromatic rings. The first-order valence-corrected chi connectivity index (χ1v) is 5.84. The summed E-state index contributed by atoms with van der Waals surface area (Å²) in [6.45, 7) is -0.145. The number of carbonyl (C=O) groups excluding carboxylic acids is 1. The summed E-state index contributed by atoms with van der Waals surface area (Å²) in [6.07, 6.45) is 0. The van der Waals surface area contributed by atoms with Crippen LogP contribution in [0.4, 0.5) is 0 Å². The molecule has 0 bridgehead atoms. The lowest BCUT2D eigenvalue weighted by molar-refractivity contribution is 0.0922. The van der Waals surface area contributed by atoms with Crippen LogP contribution in [0.2, 0.25) is 0 Å². The van der Waals surface area contributed by atoms with Crippen molar-refractivity contribution in [2.24, 2.45) is 0 Å². The van der Waals surface area contributed by atoms with Gasteiger partial charge in [0.05, 0.1) is 0 Å². The maximum absolute atomic E-state index is 11.8. The van der Waals surface area contributed by atoms with Crippen molar-refractivity contribution in [1.82, 2.24) is 0 Å². The van der Waals surface area contributed by atoms with Gasteiger partial charge in [0.25, 0.3) is 0 Å². The molecule has 2 rings (SSSR count). The number of ketones is 1. The van der Waals surface area contributed by atoms with Gasteiger partial charge in [-0.1, -0.05) is 48.5 Å². The topological polar surface area (TPSA) is 66.8 Å². The number of hydrogen-bond donors (Lipinski definition) is 2. The van der Waals surface area contributed by atoms with E-state index in [0.29, 0.717) is 11.3 Å². The van der Waals surface area contributed by atoms with Gasteiger partial charge in [-0.3, -0.25) is 4.79 Å². The van der Waals surface area contributed by atoms with Crippen molar-refractivity contribution in [2.45, 2.75) is 0 Å². The van der Waals surface area contributed by atoms with Gasteiger partial charge in [-0.05, 0) is 6.07 Å². The standard InChI is InChI=1S/C14H13BO4/c16-13(11-6-2-1-3-7-11)10-19-14-9-5-4-8-12(14)15(17)18/h1-9,17-18H,10H2. The summed E-state index contributed by atoms with van der Waals surface area (Å²) in [5, 5.41) is 18.4. The molecule has 96 valence electrons. The monoisotopic (exact) mass is 256 g/mol. The highest BCUT2D eigenvalue weighted by molar-refractivity contribution is 6.59. The second kappa shape index (κ2) is 6.18. The molecule has 0 unspecified atom stereocenters. The Balaban J connectivity index is 2.05. The van der Waals surface area contributed by atoms with Crippen LogP contribution in [0.15, 0.2) is 54.6 Å². The van der Waals surface area contributed by atoms with Crippen LogP contribution in [-0.4, -0.2) is 29.6 Å². The largest absolute Gasteiger partial charge is 0.492 e. The number of benzene rings is 2. The van der Waals surface area contributed by atoms with E-state index in [1.807, 2.05) is 6.07 Å². The minimum atomic E-state index is -1.62. The molecule has 4 nitrogen and oxygen atoms in total. The van der Waals surface area contributed by atoms with Gasteiger partial charge >= 0.3 is 7.12 Å². The third-order valence-electron chi connectivity index (χ3n) is 2.65. The van der Waals surface area contributed by atoms with Crippen molar-refractivity contribution < 1.29 is 19.6 Å². The molecular weight excluding hydrogens is 243 g/mol. The Labute approximate surface area is 111 Å². The molecule has 0 atom stereocenters. The predicted octanol–water partition coefficient (Wildman–Crippen LogP) is 0.628. The third-order valence-corrected chi connectivity index (χ3v) is 2.65. The van der Waals surface area contributed by atoms with E-state index in [0.717, 1.165) is 0 Å². The Kier molecular flexibility index (Phi) is 4.33. The fourth-order valence-electron chi connectivity index (χ4n) is 1.68. The van der Waals surface area contributed by atoms with Gasteiger partial charge < -0.3 is 14.8 Å². The molecule has 2 aromatic carbocycles. The number of Topliss-reactive ketones (excluding diaryl/α,β-unsaturated/α-hetero) is 1. The highest BCUT2D eigenvalue weighted by Gasteiger charge is 2.17. The third kappa shape index (κ3) is 3.43. The zero-order chi connectivity index (χ0) is 13.7. The Morgan fingerprint density at radius 3 is 2.32 bits per heavy atom. The molecule has 0 spiro atoms. The summed E-state index contributed by atoms with van der Waals surface area (Å²) in [5.41, 5.74) is 0.799. The summed E-state index contributed by atoms with van der Waals surface area (Å²) in [4.78, 5) is 11.8. The fraction of sp³-hybridized carbons (Fsp3) is 0.0714. The van der Waals surface area contributed by atoms with E-state index in [2.05, 4.69) is 0 Å². The van der Waals surface area contributed by atoms with Crippen LogP contribution in [0.3, 0.4) is 0 Å². The van der Waals surface area contributed by atoms with Crippen molar-refractivity contribution in [2.75, 3.05) is 6.61 Å². The van der Waals surface area contributed by atoms with Gasteiger partial charge in [-0.2, -0.15) is 0 Å². The second-order valence-electron chi connectivity index (χ2n) is 3.99. The van der Waals surface area contributed by atoms with Crippen molar-refractivity contribution >= 4 is 18.4 Å². The van der Waals surface area contributed by atoms with Gasteiger partial charge in [0.1, 0.15) is 5.75 Å². The molecule has 0 fully saturated rings. The molecule has 0 aromatic heterocycles. The molecule has 0 aliphatic rings. The minimum absolute atomic E-state index is 0.145. The molecule has 0 saturated heterocycles.